The molecule has 1 amide bonds. The van der Waals surface area contributed by atoms with E-state index in [0.29, 0.717) is 18.1 Å². The van der Waals surface area contributed by atoms with Crippen LogP contribution < -0.4 is 5.32 Å². The Bertz CT molecular complexity index is 799. The van der Waals surface area contributed by atoms with Gasteiger partial charge in [-0.3, -0.25) is 9.78 Å². The quantitative estimate of drug-likeness (QED) is 0.783. The maximum absolute atomic E-state index is 11.9. The molecule has 23 heavy (non-hydrogen) atoms. The normalized spacial score (nSPS) is 10.5. The van der Waals surface area contributed by atoms with Crippen molar-refractivity contribution in [2.75, 3.05) is 5.32 Å². The summed E-state index contributed by atoms with van der Waals surface area (Å²) in [5.41, 5.74) is 2.75. The SMILES string of the molecule is Cc1cccc(-c2noc(CCC(=O)Nc3ccncc3)n2)c1. The number of aryl methyl sites for hydroxylation is 2. The summed E-state index contributed by atoms with van der Waals surface area (Å²) in [5, 5.41) is 6.75. The number of aromatic nitrogens is 3. The number of hydrogen-bond acceptors (Lipinski definition) is 5. The minimum Gasteiger partial charge on any atom is -0.339 e. The second kappa shape index (κ2) is 6.83. The molecule has 0 fully saturated rings. The van der Waals surface area contributed by atoms with E-state index in [-0.39, 0.29) is 12.3 Å². The lowest BCUT2D eigenvalue weighted by molar-refractivity contribution is -0.116. The first kappa shape index (κ1) is 14.9. The highest BCUT2D eigenvalue weighted by molar-refractivity contribution is 5.90. The lowest BCUT2D eigenvalue weighted by Crippen LogP contribution is -2.12. The fourth-order valence-corrected chi connectivity index (χ4v) is 2.14. The molecule has 0 aliphatic heterocycles. The Labute approximate surface area is 133 Å². The van der Waals surface area contributed by atoms with E-state index in [1.165, 1.54) is 0 Å². The third-order valence-corrected chi connectivity index (χ3v) is 3.27. The Morgan fingerprint density at radius 3 is 2.83 bits per heavy atom. The summed E-state index contributed by atoms with van der Waals surface area (Å²) in [5.74, 6) is 0.885. The number of nitrogens with one attached hydrogen (secondary N) is 1. The van der Waals surface area contributed by atoms with Crippen molar-refractivity contribution in [3.8, 4) is 11.4 Å². The molecule has 0 saturated carbocycles. The molecule has 2 aromatic heterocycles. The predicted octanol–water partition coefficient (Wildman–Crippen LogP) is 3.01. The van der Waals surface area contributed by atoms with Crippen LogP contribution in [0.25, 0.3) is 11.4 Å². The fourth-order valence-electron chi connectivity index (χ4n) is 2.14. The smallest absolute Gasteiger partial charge is 0.227 e. The number of benzene rings is 1. The molecule has 1 aromatic carbocycles. The molecule has 0 bridgehead atoms. The molecule has 1 N–H and O–H groups in total. The Hall–Kier alpha value is -3.02. The van der Waals surface area contributed by atoms with Crippen LogP contribution in [0.15, 0.2) is 53.3 Å². The first-order valence-corrected chi connectivity index (χ1v) is 7.30. The van der Waals surface area contributed by atoms with Crippen molar-refractivity contribution in [2.24, 2.45) is 0 Å². The standard InChI is InChI=1S/C17H16N4O2/c1-12-3-2-4-13(11-12)17-20-16(23-21-17)6-5-15(22)19-14-7-9-18-10-8-14/h2-4,7-11H,5-6H2,1H3,(H,18,19,22). The van der Waals surface area contributed by atoms with Crippen LogP contribution in [-0.4, -0.2) is 21.0 Å². The third kappa shape index (κ3) is 4.00. The molecule has 3 rings (SSSR count). The molecule has 6 heteroatoms. The van der Waals surface area contributed by atoms with Gasteiger partial charge in [-0.2, -0.15) is 4.98 Å². The highest BCUT2D eigenvalue weighted by Crippen LogP contribution is 2.17. The molecular weight excluding hydrogens is 292 g/mol. The van der Waals surface area contributed by atoms with E-state index in [1.807, 2.05) is 31.2 Å². The van der Waals surface area contributed by atoms with E-state index < -0.39 is 0 Å². The average molecular weight is 308 g/mol. The average Bonchev–Trinajstić information content (AvgIpc) is 3.03. The summed E-state index contributed by atoms with van der Waals surface area (Å²) in [4.78, 5) is 20.1. The van der Waals surface area contributed by atoms with E-state index in [2.05, 4.69) is 20.4 Å². The number of amides is 1. The van der Waals surface area contributed by atoms with Gasteiger partial charge in [-0.05, 0) is 25.1 Å². The lowest BCUT2D eigenvalue weighted by atomic mass is 10.1. The maximum Gasteiger partial charge on any atom is 0.227 e. The van der Waals surface area contributed by atoms with Gasteiger partial charge in [0.2, 0.25) is 17.6 Å². The van der Waals surface area contributed by atoms with Crippen LogP contribution >= 0.6 is 0 Å². The molecule has 0 spiro atoms. The van der Waals surface area contributed by atoms with E-state index in [1.54, 1.807) is 24.5 Å². The largest absolute Gasteiger partial charge is 0.339 e. The Balaban J connectivity index is 1.58. The molecule has 0 aliphatic rings. The number of hydrogen-bond donors (Lipinski definition) is 1. The molecule has 0 unspecified atom stereocenters. The molecule has 6 nitrogen and oxygen atoms in total. The molecule has 3 aromatic rings. The number of rotatable bonds is 5. The van der Waals surface area contributed by atoms with Crippen LogP contribution in [0, 0.1) is 6.92 Å². The topological polar surface area (TPSA) is 80.9 Å². The molecular formula is C17H16N4O2. The lowest BCUT2D eigenvalue weighted by Gasteiger charge is -2.02. The van der Waals surface area contributed by atoms with Gasteiger partial charge >= 0.3 is 0 Å². The van der Waals surface area contributed by atoms with Gasteiger partial charge in [-0.25, -0.2) is 0 Å². The number of carbonyl (C=O) groups is 1. The van der Waals surface area contributed by atoms with Crippen molar-refractivity contribution in [3.63, 3.8) is 0 Å². The minimum atomic E-state index is -0.105. The summed E-state index contributed by atoms with van der Waals surface area (Å²) in [7, 11) is 0. The van der Waals surface area contributed by atoms with Gasteiger partial charge in [0, 0.05) is 36.5 Å². The molecule has 0 saturated heterocycles. The monoisotopic (exact) mass is 308 g/mol. The summed E-state index contributed by atoms with van der Waals surface area (Å²) in [6, 6.07) is 11.3. The van der Waals surface area contributed by atoms with E-state index in [4.69, 9.17) is 4.52 Å². The van der Waals surface area contributed by atoms with Crippen LogP contribution in [0.3, 0.4) is 0 Å². The summed E-state index contributed by atoms with van der Waals surface area (Å²) in [6.45, 7) is 2.01. The van der Waals surface area contributed by atoms with Gasteiger partial charge < -0.3 is 9.84 Å². The van der Waals surface area contributed by atoms with Gasteiger partial charge in [-0.15, -0.1) is 0 Å². The summed E-state index contributed by atoms with van der Waals surface area (Å²) >= 11 is 0. The molecule has 0 radical (unpaired) electrons. The Kier molecular flexibility index (Phi) is 4.42. The van der Waals surface area contributed by atoms with Crippen molar-refractivity contribution in [2.45, 2.75) is 19.8 Å². The molecule has 0 atom stereocenters. The zero-order valence-electron chi connectivity index (χ0n) is 12.7. The fraction of sp³-hybridized carbons (Fsp3) is 0.176. The number of pyridine rings is 1. The number of anilines is 1. The van der Waals surface area contributed by atoms with Gasteiger partial charge in [0.1, 0.15) is 0 Å². The van der Waals surface area contributed by atoms with Gasteiger partial charge in [0.15, 0.2) is 0 Å². The summed E-state index contributed by atoms with van der Waals surface area (Å²) in [6.07, 6.45) is 3.93. The number of carbonyl (C=O) groups excluding carboxylic acids is 1. The van der Waals surface area contributed by atoms with Crippen molar-refractivity contribution in [3.05, 3.63) is 60.2 Å². The van der Waals surface area contributed by atoms with Crippen molar-refractivity contribution >= 4 is 11.6 Å². The van der Waals surface area contributed by atoms with Crippen LogP contribution in [0.2, 0.25) is 0 Å². The van der Waals surface area contributed by atoms with Crippen molar-refractivity contribution in [1.29, 1.82) is 0 Å². The molecule has 2 heterocycles. The maximum atomic E-state index is 11.9. The van der Waals surface area contributed by atoms with Gasteiger partial charge in [-0.1, -0.05) is 28.9 Å². The van der Waals surface area contributed by atoms with Crippen LogP contribution in [0.1, 0.15) is 17.9 Å². The van der Waals surface area contributed by atoms with E-state index in [0.717, 1.165) is 16.8 Å². The van der Waals surface area contributed by atoms with Crippen molar-refractivity contribution in [1.82, 2.24) is 15.1 Å². The second-order valence-corrected chi connectivity index (χ2v) is 5.17. The predicted molar refractivity (Wildman–Crippen MR) is 85.7 cm³/mol. The zero-order chi connectivity index (χ0) is 16.1. The Morgan fingerprint density at radius 2 is 2.04 bits per heavy atom. The van der Waals surface area contributed by atoms with Crippen LogP contribution in [0.4, 0.5) is 5.69 Å². The highest BCUT2D eigenvalue weighted by Gasteiger charge is 2.11. The van der Waals surface area contributed by atoms with E-state index in [9.17, 15) is 4.79 Å². The number of nitrogens with zero attached hydrogens (tertiary/aromatic N) is 3. The van der Waals surface area contributed by atoms with Crippen LogP contribution in [0.5, 0.6) is 0 Å². The van der Waals surface area contributed by atoms with Crippen molar-refractivity contribution < 1.29 is 9.32 Å². The minimum absolute atomic E-state index is 0.105. The first-order chi connectivity index (χ1) is 11.2. The third-order valence-electron chi connectivity index (χ3n) is 3.27. The van der Waals surface area contributed by atoms with E-state index >= 15 is 0 Å². The summed E-state index contributed by atoms with van der Waals surface area (Å²) < 4.78 is 5.21. The highest BCUT2D eigenvalue weighted by atomic mass is 16.5. The second-order valence-electron chi connectivity index (χ2n) is 5.17. The van der Waals surface area contributed by atoms with Gasteiger partial charge in [0.05, 0.1) is 0 Å². The van der Waals surface area contributed by atoms with Crippen LogP contribution in [-0.2, 0) is 11.2 Å². The van der Waals surface area contributed by atoms with Gasteiger partial charge in [0.25, 0.3) is 0 Å². The molecule has 0 aliphatic carbocycles. The zero-order valence-corrected chi connectivity index (χ0v) is 12.7. The first-order valence-electron chi connectivity index (χ1n) is 7.30. The molecule has 116 valence electrons. The Morgan fingerprint density at radius 1 is 1.22 bits per heavy atom.